The molecule has 0 aliphatic heterocycles. The lowest BCUT2D eigenvalue weighted by Gasteiger charge is -2.14. The summed E-state index contributed by atoms with van der Waals surface area (Å²) < 4.78 is 1.63. The van der Waals surface area contributed by atoms with E-state index >= 15 is 0 Å². The molecule has 152 valence electrons. The quantitative estimate of drug-likeness (QED) is 0.490. The molecule has 4 aromatic rings. The van der Waals surface area contributed by atoms with Gasteiger partial charge in [-0.25, -0.2) is 0 Å². The number of benzene rings is 2. The van der Waals surface area contributed by atoms with E-state index in [2.05, 4.69) is 16.0 Å². The van der Waals surface area contributed by atoms with Crippen LogP contribution in [-0.2, 0) is 6.54 Å². The van der Waals surface area contributed by atoms with E-state index in [1.54, 1.807) is 22.9 Å². The molecule has 0 amide bonds. The molecule has 0 aliphatic carbocycles. The number of nitriles is 1. The van der Waals surface area contributed by atoms with Crippen molar-refractivity contribution in [1.29, 1.82) is 5.26 Å². The number of hydrogen-bond acceptors (Lipinski definition) is 4. The Morgan fingerprint density at radius 1 is 0.968 bits per heavy atom. The predicted octanol–water partition coefficient (Wildman–Crippen LogP) is 4.50. The fourth-order valence-electron chi connectivity index (χ4n) is 3.58. The average molecular weight is 406 g/mol. The first-order valence-corrected chi connectivity index (χ1v) is 9.98. The van der Waals surface area contributed by atoms with E-state index < -0.39 is 0 Å². The van der Waals surface area contributed by atoms with E-state index in [4.69, 9.17) is 0 Å². The van der Waals surface area contributed by atoms with Crippen LogP contribution in [0.5, 0.6) is 0 Å². The molecule has 0 bridgehead atoms. The summed E-state index contributed by atoms with van der Waals surface area (Å²) in [5, 5.41) is 9.57. The molecule has 0 saturated carbocycles. The van der Waals surface area contributed by atoms with Crippen LogP contribution in [0.3, 0.4) is 0 Å². The SMILES string of the molecule is CN(C)Cc1ccc(-n2cc(-c3ccccn3)cc(-c3ccccc3C#N)c2=O)cc1. The second kappa shape index (κ2) is 8.78. The molecule has 0 saturated heterocycles. The van der Waals surface area contributed by atoms with Crippen molar-refractivity contribution in [3.63, 3.8) is 0 Å². The molecule has 31 heavy (non-hydrogen) atoms. The van der Waals surface area contributed by atoms with Crippen LogP contribution < -0.4 is 5.56 Å². The van der Waals surface area contributed by atoms with Crippen molar-refractivity contribution in [3.05, 3.63) is 107 Å². The first-order valence-electron chi connectivity index (χ1n) is 9.98. The number of hydrogen-bond donors (Lipinski definition) is 0. The molecule has 2 aromatic heterocycles. The molecule has 0 spiro atoms. The van der Waals surface area contributed by atoms with Gasteiger partial charge in [0.25, 0.3) is 5.56 Å². The smallest absolute Gasteiger partial charge is 0.263 e. The Bertz CT molecular complexity index is 1300. The van der Waals surface area contributed by atoms with Crippen LogP contribution in [0.25, 0.3) is 28.1 Å². The normalized spacial score (nSPS) is 10.8. The van der Waals surface area contributed by atoms with Crippen molar-refractivity contribution in [2.75, 3.05) is 14.1 Å². The molecule has 5 nitrogen and oxygen atoms in total. The largest absolute Gasteiger partial charge is 0.305 e. The average Bonchev–Trinajstić information content (AvgIpc) is 2.80. The lowest BCUT2D eigenvalue weighted by molar-refractivity contribution is 0.402. The maximum atomic E-state index is 13.5. The van der Waals surface area contributed by atoms with Gasteiger partial charge in [-0.1, -0.05) is 36.4 Å². The van der Waals surface area contributed by atoms with Crippen LogP contribution in [-0.4, -0.2) is 28.5 Å². The summed E-state index contributed by atoms with van der Waals surface area (Å²) in [6, 6.07) is 24.8. The van der Waals surface area contributed by atoms with E-state index in [-0.39, 0.29) is 5.56 Å². The molecule has 0 atom stereocenters. The van der Waals surface area contributed by atoms with E-state index in [1.165, 1.54) is 0 Å². The Morgan fingerprint density at radius 3 is 2.39 bits per heavy atom. The number of aromatic nitrogens is 2. The Morgan fingerprint density at radius 2 is 1.71 bits per heavy atom. The molecular formula is C26H22N4O. The molecule has 0 fully saturated rings. The van der Waals surface area contributed by atoms with Crippen LogP contribution in [0.15, 0.2) is 90.0 Å². The molecular weight excluding hydrogens is 384 g/mol. The van der Waals surface area contributed by atoms with Crippen LogP contribution in [0.1, 0.15) is 11.1 Å². The Hall–Kier alpha value is -4.01. The zero-order valence-electron chi connectivity index (χ0n) is 17.5. The lowest BCUT2D eigenvalue weighted by Crippen LogP contribution is -2.20. The van der Waals surface area contributed by atoms with Gasteiger partial charge >= 0.3 is 0 Å². The van der Waals surface area contributed by atoms with Crippen LogP contribution in [0, 0.1) is 11.3 Å². The molecule has 0 radical (unpaired) electrons. The van der Waals surface area contributed by atoms with Gasteiger partial charge in [0.2, 0.25) is 0 Å². The molecule has 5 heteroatoms. The predicted molar refractivity (Wildman–Crippen MR) is 123 cm³/mol. The van der Waals surface area contributed by atoms with Gasteiger partial charge in [-0.2, -0.15) is 5.26 Å². The van der Waals surface area contributed by atoms with Crippen molar-refractivity contribution in [1.82, 2.24) is 14.5 Å². The minimum atomic E-state index is -0.178. The van der Waals surface area contributed by atoms with E-state index in [1.807, 2.05) is 81.0 Å². The topological polar surface area (TPSA) is 61.9 Å². The van der Waals surface area contributed by atoms with Gasteiger partial charge in [0.1, 0.15) is 0 Å². The minimum absolute atomic E-state index is 0.178. The Labute approximate surface area is 181 Å². The Balaban J connectivity index is 1.93. The van der Waals surface area contributed by atoms with Gasteiger partial charge < -0.3 is 4.90 Å². The second-order valence-corrected chi connectivity index (χ2v) is 7.59. The maximum absolute atomic E-state index is 13.5. The zero-order chi connectivity index (χ0) is 21.8. The van der Waals surface area contributed by atoms with Gasteiger partial charge in [-0.15, -0.1) is 0 Å². The summed E-state index contributed by atoms with van der Waals surface area (Å²) >= 11 is 0. The van der Waals surface area contributed by atoms with Crippen molar-refractivity contribution >= 4 is 0 Å². The zero-order valence-corrected chi connectivity index (χ0v) is 17.5. The third-order valence-electron chi connectivity index (χ3n) is 5.03. The van der Waals surface area contributed by atoms with Gasteiger partial charge in [-0.05, 0) is 56.1 Å². The molecule has 0 N–H and O–H groups in total. The maximum Gasteiger partial charge on any atom is 0.263 e. The highest BCUT2D eigenvalue weighted by Crippen LogP contribution is 2.26. The van der Waals surface area contributed by atoms with Crippen LogP contribution >= 0.6 is 0 Å². The van der Waals surface area contributed by atoms with Crippen molar-refractivity contribution in [3.8, 4) is 34.1 Å². The molecule has 4 rings (SSSR count). The third kappa shape index (κ3) is 4.30. The number of pyridine rings is 2. The van der Waals surface area contributed by atoms with Crippen LogP contribution in [0.4, 0.5) is 0 Å². The van der Waals surface area contributed by atoms with Gasteiger partial charge in [0, 0.05) is 41.3 Å². The number of rotatable bonds is 5. The van der Waals surface area contributed by atoms with Gasteiger partial charge in [-0.3, -0.25) is 14.3 Å². The molecule has 0 aliphatic rings. The van der Waals surface area contributed by atoms with Crippen molar-refractivity contribution < 1.29 is 0 Å². The highest BCUT2D eigenvalue weighted by Gasteiger charge is 2.15. The van der Waals surface area contributed by atoms with Gasteiger partial charge in [0.05, 0.1) is 17.3 Å². The molecule has 0 unspecified atom stereocenters. The first kappa shape index (κ1) is 20.3. The van der Waals surface area contributed by atoms with E-state index in [0.29, 0.717) is 16.7 Å². The standard InChI is InChI=1S/C26H22N4O/c1-29(2)17-19-10-12-22(13-11-19)30-18-21(25-9-5-6-14-28-25)15-24(26(30)31)23-8-4-3-7-20(23)16-27/h3-15,18H,17H2,1-2H3. The summed E-state index contributed by atoms with van der Waals surface area (Å²) in [5.74, 6) is 0. The highest BCUT2D eigenvalue weighted by molar-refractivity contribution is 5.74. The summed E-state index contributed by atoms with van der Waals surface area (Å²) in [6.45, 7) is 0.823. The summed E-state index contributed by atoms with van der Waals surface area (Å²) in [6.07, 6.45) is 3.54. The fraction of sp³-hybridized carbons (Fsp3) is 0.115. The lowest BCUT2D eigenvalue weighted by atomic mass is 9.99. The fourth-order valence-corrected chi connectivity index (χ4v) is 3.58. The first-order chi connectivity index (χ1) is 15.1. The van der Waals surface area contributed by atoms with Crippen molar-refractivity contribution in [2.45, 2.75) is 6.54 Å². The summed E-state index contributed by atoms with van der Waals surface area (Å²) in [4.78, 5) is 20.1. The monoisotopic (exact) mass is 406 g/mol. The number of nitrogens with zero attached hydrogens (tertiary/aromatic N) is 4. The summed E-state index contributed by atoms with van der Waals surface area (Å²) in [7, 11) is 4.04. The highest BCUT2D eigenvalue weighted by atomic mass is 16.1. The van der Waals surface area contributed by atoms with E-state index in [0.717, 1.165) is 29.1 Å². The summed E-state index contributed by atoms with van der Waals surface area (Å²) in [5.41, 5.74) is 4.87. The van der Waals surface area contributed by atoms with Gasteiger partial charge in [0.15, 0.2) is 0 Å². The van der Waals surface area contributed by atoms with Crippen LogP contribution in [0.2, 0.25) is 0 Å². The second-order valence-electron chi connectivity index (χ2n) is 7.59. The third-order valence-corrected chi connectivity index (χ3v) is 5.03. The van der Waals surface area contributed by atoms with Crippen molar-refractivity contribution in [2.24, 2.45) is 0 Å². The minimum Gasteiger partial charge on any atom is -0.305 e. The Kier molecular flexibility index (Phi) is 5.74. The molecule has 2 aromatic carbocycles. The molecule has 2 heterocycles. The van der Waals surface area contributed by atoms with E-state index in [9.17, 15) is 10.1 Å².